The molecule has 26 heavy (non-hydrogen) atoms. The van der Waals surface area contributed by atoms with E-state index in [1.165, 1.54) is 17.3 Å². The summed E-state index contributed by atoms with van der Waals surface area (Å²) in [7, 11) is 0. The predicted octanol–water partition coefficient (Wildman–Crippen LogP) is 5.01. The van der Waals surface area contributed by atoms with Gasteiger partial charge in [0, 0.05) is 23.0 Å². The first-order valence-electron chi connectivity index (χ1n) is 8.51. The molecule has 0 aliphatic carbocycles. The Kier molecular flexibility index (Phi) is 6.27. The zero-order valence-corrected chi connectivity index (χ0v) is 17.1. The number of ketones is 1. The molecule has 0 N–H and O–H groups in total. The Morgan fingerprint density at radius 2 is 1.81 bits per heavy atom. The molecule has 0 aliphatic rings. The van der Waals surface area contributed by atoms with Crippen LogP contribution in [0.5, 0.6) is 0 Å². The molecule has 0 amide bonds. The molecule has 134 valence electrons. The fourth-order valence-corrected chi connectivity index (χ4v) is 3.97. The first-order chi connectivity index (χ1) is 12.6. The van der Waals surface area contributed by atoms with Crippen LogP contribution in [0.4, 0.5) is 0 Å². The number of carbonyl (C=O) groups is 1. The van der Waals surface area contributed by atoms with E-state index in [4.69, 9.17) is 0 Å². The topological polar surface area (TPSA) is 47.8 Å². The molecule has 0 saturated heterocycles. The summed E-state index contributed by atoms with van der Waals surface area (Å²) in [5, 5.41) is 9.24. The van der Waals surface area contributed by atoms with Crippen molar-refractivity contribution in [2.45, 2.75) is 37.2 Å². The van der Waals surface area contributed by atoms with Crippen molar-refractivity contribution in [3.63, 3.8) is 0 Å². The number of hydrogen-bond acceptors (Lipinski definition) is 4. The lowest BCUT2D eigenvalue weighted by atomic mass is 10.1. The summed E-state index contributed by atoms with van der Waals surface area (Å²) in [5.74, 6) is 1.02. The molecule has 0 spiro atoms. The number of benzene rings is 2. The van der Waals surface area contributed by atoms with Crippen molar-refractivity contribution in [1.29, 1.82) is 0 Å². The van der Waals surface area contributed by atoms with Gasteiger partial charge in [0.15, 0.2) is 10.9 Å². The highest BCUT2D eigenvalue weighted by Crippen LogP contribution is 2.26. The number of halogens is 1. The molecule has 3 aromatic rings. The van der Waals surface area contributed by atoms with Crippen LogP contribution in [0.1, 0.15) is 35.6 Å². The highest BCUT2D eigenvalue weighted by molar-refractivity contribution is 9.10. The number of nitrogens with zero attached hydrogens (tertiary/aromatic N) is 3. The standard InChI is InChI=1S/C20H20BrN3OS/c1-3-24-18(13-15-7-5-4-6-8-15)22-23-20(24)26-14(2)19(25)16-9-11-17(21)12-10-16/h4-12,14H,3,13H2,1-2H3/t14-/m1/s1. The third kappa shape index (κ3) is 4.43. The van der Waals surface area contributed by atoms with Crippen molar-refractivity contribution in [3.8, 4) is 0 Å². The van der Waals surface area contributed by atoms with Gasteiger partial charge in [-0.1, -0.05) is 70.2 Å². The van der Waals surface area contributed by atoms with Crippen LogP contribution in [0.3, 0.4) is 0 Å². The minimum Gasteiger partial charge on any atom is -0.306 e. The molecular weight excluding hydrogens is 410 g/mol. The van der Waals surface area contributed by atoms with E-state index < -0.39 is 0 Å². The molecule has 4 nitrogen and oxygen atoms in total. The van der Waals surface area contributed by atoms with E-state index in [1.807, 2.05) is 49.4 Å². The Morgan fingerprint density at radius 3 is 2.46 bits per heavy atom. The molecule has 1 aromatic heterocycles. The van der Waals surface area contributed by atoms with Gasteiger partial charge in [0.2, 0.25) is 0 Å². The first-order valence-corrected chi connectivity index (χ1v) is 10.2. The van der Waals surface area contributed by atoms with E-state index in [9.17, 15) is 4.79 Å². The van der Waals surface area contributed by atoms with E-state index in [2.05, 4.69) is 49.8 Å². The van der Waals surface area contributed by atoms with Crippen molar-refractivity contribution < 1.29 is 4.79 Å². The first kappa shape index (κ1) is 18.9. The van der Waals surface area contributed by atoms with Crippen molar-refractivity contribution in [2.24, 2.45) is 0 Å². The number of rotatable bonds is 7. The van der Waals surface area contributed by atoms with Crippen molar-refractivity contribution in [1.82, 2.24) is 14.8 Å². The van der Waals surface area contributed by atoms with Crippen LogP contribution >= 0.6 is 27.7 Å². The summed E-state index contributed by atoms with van der Waals surface area (Å²) in [6.07, 6.45) is 0.733. The number of carbonyl (C=O) groups excluding carboxylic acids is 1. The molecule has 0 saturated carbocycles. The second-order valence-electron chi connectivity index (χ2n) is 5.94. The summed E-state index contributed by atoms with van der Waals surface area (Å²) < 4.78 is 3.05. The summed E-state index contributed by atoms with van der Waals surface area (Å²) in [6.45, 7) is 4.76. The molecule has 1 heterocycles. The van der Waals surface area contributed by atoms with Gasteiger partial charge >= 0.3 is 0 Å². The summed E-state index contributed by atoms with van der Waals surface area (Å²) in [6, 6.07) is 17.7. The normalized spacial score (nSPS) is 12.1. The second kappa shape index (κ2) is 8.64. The van der Waals surface area contributed by atoms with E-state index in [0.717, 1.165) is 28.4 Å². The molecule has 0 aliphatic heterocycles. The molecule has 6 heteroatoms. The highest BCUT2D eigenvalue weighted by Gasteiger charge is 2.21. The molecule has 0 radical (unpaired) electrons. The van der Waals surface area contributed by atoms with Gasteiger partial charge in [0.25, 0.3) is 0 Å². The number of Topliss-reactive ketones (excluding diaryl/α,β-unsaturated/α-hetero) is 1. The molecule has 2 aromatic carbocycles. The third-order valence-electron chi connectivity index (χ3n) is 4.09. The Hall–Kier alpha value is -1.92. The predicted molar refractivity (Wildman–Crippen MR) is 109 cm³/mol. The fourth-order valence-electron chi connectivity index (χ4n) is 2.69. The molecule has 1 atom stereocenters. The smallest absolute Gasteiger partial charge is 0.191 e. The third-order valence-corrected chi connectivity index (χ3v) is 5.70. The number of aromatic nitrogens is 3. The van der Waals surface area contributed by atoms with E-state index in [0.29, 0.717) is 5.56 Å². The maximum Gasteiger partial charge on any atom is 0.191 e. The highest BCUT2D eigenvalue weighted by atomic mass is 79.9. The van der Waals surface area contributed by atoms with Crippen molar-refractivity contribution in [2.75, 3.05) is 0 Å². The lowest BCUT2D eigenvalue weighted by Crippen LogP contribution is -2.15. The van der Waals surface area contributed by atoms with E-state index >= 15 is 0 Å². The Morgan fingerprint density at radius 1 is 1.12 bits per heavy atom. The van der Waals surface area contributed by atoms with Crippen LogP contribution < -0.4 is 0 Å². The lowest BCUT2D eigenvalue weighted by Gasteiger charge is -2.12. The van der Waals surface area contributed by atoms with E-state index in [-0.39, 0.29) is 11.0 Å². The van der Waals surface area contributed by atoms with Crippen LogP contribution in [0, 0.1) is 0 Å². The lowest BCUT2D eigenvalue weighted by molar-refractivity contribution is 0.0994. The van der Waals surface area contributed by atoms with Gasteiger partial charge < -0.3 is 4.57 Å². The maximum absolute atomic E-state index is 12.7. The minimum atomic E-state index is -0.227. The quantitative estimate of drug-likeness (QED) is 0.390. The van der Waals surface area contributed by atoms with Gasteiger partial charge in [-0.15, -0.1) is 10.2 Å². The zero-order chi connectivity index (χ0) is 18.5. The summed E-state index contributed by atoms with van der Waals surface area (Å²) in [4.78, 5) is 12.7. The SMILES string of the molecule is CCn1c(Cc2ccccc2)nnc1S[C@H](C)C(=O)c1ccc(Br)cc1. The van der Waals surface area contributed by atoms with Crippen LogP contribution in [-0.4, -0.2) is 25.8 Å². The number of hydrogen-bond donors (Lipinski definition) is 0. The van der Waals surface area contributed by atoms with Gasteiger partial charge in [-0.2, -0.15) is 0 Å². The molecular formula is C20H20BrN3OS. The Labute approximate surface area is 166 Å². The van der Waals surface area contributed by atoms with Gasteiger partial charge in [0.1, 0.15) is 5.82 Å². The molecule has 0 unspecified atom stereocenters. The van der Waals surface area contributed by atoms with Gasteiger partial charge in [-0.25, -0.2) is 0 Å². The van der Waals surface area contributed by atoms with Gasteiger partial charge in [0.05, 0.1) is 5.25 Å². The van der Waals surface area contributed by atoms with Crippen molar-refractivity contribution in [3.05, 3.63) is 76.0 Å². The fraction of sp³-hybridized carbons (Fsp3) is 0.250. The van der Waals surface area contributed by atoms with Crippen molar-refractivity contribution >= 4 is 33.5 Å². The van der Waals surface area contributed by atoms with Crippen LogP contribution in [0.2, 0.25) is 0 Å². The van der Waals surface area contributed by atoms with Crippen LogP contribution in [-0.2, 0) is 13.0 Å². The van der Waals surface area contributed by atoms with E-state index in [1.54, 1.807) is 0 Å². The zero-order valence-electron chi connectivity index (χ0n) is 14.7. The average Bonchev–Trinajstić information content (AvgIpc) is 3.03. The molecule has 0 fully saturated rings. The van der Waals surface area contributed by atoms with Crippen LogP contribution in [0.25, 0.3) is 0 Å². The Balaban J connectivity index is 1.75. The van der Waals surface area contributed by atoms with Gasteiger partial charge in [-0.05, 0) is 31.5 Å². The van der Waals surface area contributed by atoms with Crippen LogP contribution in [0.15, 0.2) is 64.2 Å². The Bertz CT molecular complexity index is 878. The second-order valence-corrected chi connectivity index (χ2v) is 8.16. The largest absolute Gasteiger partial charge is 0.306 e. The average molecular weight is 430 g/mol. The molecule has 3 rings (SSSR count). The molecule has 0 bridgehead atoms. The maximum atomic E-state index is 12.7. The van der Waals surface area contributed by atoms with Gasteiger partial charge in [-0.3, -0.25) is 4.79 Å². The summed E-state index contributed by atoms with van der Waals surface area (Å²) >= 11 is 4.86. The minimum absolute atomic E-state index is 0.0952. The summed E-state index contributed by atoms with van der Waals surface area (Å²) in [5.41, 5.74) is 1.91. The number of thioether (sulfide) groups is 1. The monoisotopic (exact) mass is 429 g/mol.